The number of fused-ring (bicyclic) bond motifs is 6. The number of hydrogen-bond acceptors (Lipinski definition) is 10. The first kappa shape index (κ1) is 40.1. The molecule has 0 spiro atoms. The molecule has 65 heavy (non-hydrogen) atoms. The molecule has 1 amide bonds. The third-order valence-corrected chi connectivity index (χ3v) is 15.6. The molecule has 1 saturated carbocycles. The standard InChI is InChI=1S/C46H45F2N11O5S/c1-22-15-27(16-23(2)36(22)47)59-39(56-13-12-55(44(56)62)33-10-9-31-28(37(33)48)21-49-54(31)6)35-29(52-59)17-26-7-8-32(35)57(26)40(60)34-18-30-41(65-38(50-30)25-11-14-63-45(4,5)20-25)58(34)46(19-24(46)3)42-51-43(61)64-53-42/h9-10,12-13,15-16,18,21,24-26,32H,7-8,11,14,17,19-20H2,1-6H3,(H,51,53,61)/t24-,25-,26+,32-,46-/m0/s1. The van der Waals surface area contributed by atoms with Gasteiger partial charge in [-0.2, -0.15) is 10.2 Å². The number of carbonyl (C=O) groups excluding carboxylic acids is 1. The summed E-state index contributed by atoms with van der Waals surface area (Å²) < 4.78 is 50.4. The molecule has 1 N–H and O–H groups in total. The van der Waals surface area contributed by atoms with Crippen molar-refractivity contribution in [3.05, 3.63) is 121 Å². The lowest BCUT2D eigenvalue weighted by molar-refractivity contribution is -0.0593. The Bertz CT molecular complexity index is 3410. The molecule has 1 aliphatic carbocycles. The van der Waals surface area contributed by atoms with E-state index in [0.29, 0.717) is 88.7 Å². The SMILES string of the molecule is Cc1cc(-n2nc3c(c2-n2ccn(-c4ccc5c(cnn5C)c4F)c2=O)[C@@H]2CC[C@H](C3)N2C(=O)c2cc3nc([C@H]4CCOC(C)(C)C4)sc3n2[C@@]2(c3noc(=O)[nH]3)C[C@@H]2C)cc(C)c1F. The number of aromatic nitrogens is 10. The van der Waals surface area contributed by atoms with E-state index in [1.54, 1.807) is 72.1 Å². The summed E-state index contributed by atoms with van der Waals surface area (Å²) in [6.07, 6.45) is 8.44. The topological polar surface area (TPSA) is 169 Å². The number of benzene rings is 2. The second-order valence-electron chi connectivity index (χ2n) is 19.0. The molecule has 16 nitrogen and oxygen atoms in total. The monoisotopic (exact) mass is 901 g/mol. The number of thiazole rings is 1. The van der Waals surface area contributed by atoms with E-state index in [0.717, 1.165) is 22.7 Å². The smallest absolute Gasteiger partial charge is 0.376 e. The van der Waals surface area contributed by atoms with Crippen molar-refractivity contribution >= 4 is 38.5 Å². The third-order valence-electron chi connectivity index (χ3n) is 14.4. The molecule has 0 radical (unpaired) electrons. The maximum Gasteiger partial charge on any atom is 0.438 e. The summed E-state index contributed by atoms with van der Waals surface area (Å²) in [7, 11) is 1.72. The number of H-pyrrole nitrogens is 1. The largest absolute Gasteiger partial charge is 0.438 e. The molecule has 9 heterocycles. The van der Waals surface area contributed by atoms with Crippen LogP contribution in [0.15, 0.2) is 63.0 Å². The van der Waals surface area contributed by atoms with Crippen molar-refractivity contribution in [1.29, 1.82) is 0 Å². The molecule has 12 rings (SSSR count). The minimum absolute atomic E-state index is 0.00489. The number of nitrogens with one attached hydrogen (secondary N) is 1. The van der Waals surface area contributed by atoms with Crippen LogP contribution in [-0.2, 0) is 23.7 Å². The highest BCUT2D eigenvalue weighted by atomic mass is 32.1. The van der Waals surface area contributed by atoms with Crippen LogP contribution in [0.1, 0.15) is 109 Å². The number of amides is 1. The van der Waals surface area contributed by atoms with Gasteiger partial charge in [-0.1, -0.05) is 12.1 Å². The van der Waals surface area contributed by atoms with Crippen LogP contribution < -0.4 is 11.4 Å². The predicted octanol–water partition coefficient (Wildman–Crippen LogP) is 7.04. The van der Waals surface area contributed by atoms with Gasteiger partial charge in [0.15, 0.2) is 11.6 Å². The van der Waals surface area contributed by atoms with Gasteiger partial charge in [0.25, 0.3) is 5.91 Å². The zero-order valence-electron chi connectivity index (χ0n) is 36.6. The molecule has 19 heteroatoms. The molecular weight excluding hydrogens is 857 g/mol. The van der Waals surface area contributed by atoms with E-state index in [2.05, 4.69) is 36.0 Å². The number of hydrogen-bond donors (Lipinski definition) is 1. The van der Waals surface area contributed by atoms with Crippen LogP contribution >= 0.6 is 11.3 Å². The molecule has 8 aromatic rings. The van der Waals surface area contributed by atoms with Gasteiger partial charge >= 0.3 is 11.4 Å². The van der Waals surface area contributed by atoms with Crippen molar-refractivity contribution in [1.82, 2.24) is 53.3 Å². The van der Waals surface area contributed by atoms with E-state index in [1.165, 1.54) is 21.5 Å². The summed E-state index contributed by atoms with van der Waals surface area (Å²) in [5.41, 5.74) is 2.77. The van der Waals surface area contributed by atoms with E-state index >= 15 is 13.6 Å². The van der Waals surface area contributed by atoms with Gasteiger partial charge in [0.2, 0.25) is 0 Å². The van der Waals surface area contributed by atoms with Crippen molar-refractivity contribution in [2.24, 2.45) is 13.0 Å². The van der Waals surface area contributed by atoms with Gasteiger partial charge < -0.3 is 14.2 Å². The summed E-state index contributed by atoms with van der Waals surface area (Å²) >= 11 is 1.56. The minimum Gasteiger partial charge on any atom is -0.376 e. The van der Waals surface area contributed by atoms with Crippen LogP contribution in [0.5, 0.6) is 0 Å². The number of rotatable bonds is 7. The maximum atomic E-state index is 16.2. The first-order valence-electron chi connectivity index (χ1n) is 22.0. The number of nitrogens with zero attached hydrogens (tertiary/aromatic N) is 10. The van der Waals surface area contributed by atoms with Gasteiger partial charge in [0.1, 0.15) is 33.2 Å². The second-order valence-corrected chi connectivity index (χ2v) is 20.0. The van der Waals surface area contributed by atoms with E-state index in [-0.39, 0.29) is 46.3 Å². The first-order chi connectivity index (χ1) is 31.1. The third kappa shape index (κ3) is 5.76. The van der Waals surface area contributed by atoms with Gasteiger partial charge in [-0.3, -0.25) is 28.1 Å². The van der Waals surface area contributed by atoms with Crippen molar-refractivity contribution in [3.63, 3.8) is 0 Å². The zero-order valence-corrected chi connectivity index (χ0v) is 37.4. The molecule has 2 aromatic carbocycles. The Hall–Kier alpha value is -6.47. The van der Waals surface area contributed by atoms with Crippen LogP contribution in [-0.4, -0.2) is 77.4 Å². The Morgan fingerprint density at radius 3 is 2.49 bits per heavy atom. The van der Waals surface area contributed by atoms with Crippen LogP contribution in [0, 0.1) is 31.4 Å². The number of halogens is 2. The van der Waals surface area contributed by atoms with Gasteiger partial charge in [-0.05, 0) is 107 Å². The first-order valence-corrected chi connectivity index (χ1v) is 22.8. The van der Waals surface area contributed by atoms with E-state index < -0.39 is 28.8 Å². The Labute approximate surface area is 373 Å². The molecule has 0 unspecified atom stereocenters. The Kier molecular flexibility index (Phi) is 8.49. The van der Waals surface area contributed by atoms with Crippen LogP contribution in [0.2, 0.25) is 0 Å². The summed E-state index contributed by atoms with van der Waals surface area (Å²) in [4.78, 5) is 53.6. The zero-order chi connectivity index (χ0) is 45.0. The van der Waals surface area contributed by atoms with Crippen molar-refractivity contribution < 1.29 is 22.8 Å². The van der Waals surface area contributed by atoms with Gasteiger partial charge in [-0.25, -0.2) is 28.0 Å². The lowest BCUT2D eigenvalue weighted by Gasteiger charge is -2.35. The number of ether oxygens (including phenoxy) is 1. The molecule has 3 fully saturated rings. The molecule has 6 aromatic heterocycles. The minimum atomic E-state index is -0.865. The van der Waals surface area contributed by atoms with Gasteiger partial charge in [-0.15, -0.1) is 11.3 Å². The molecule has 2 saturated heterocycles. The highest BCUT2D eigenvalue weighted by molar-refractivity contribution is 7.18. The average molecular weight is 902 g/mol. The fraction of sp³-hybridized carbons (Fsp3) is 0.413. The van der Waals surface area contributed by atoms with Crippen molar-refractivity contribution in [2.45, 2.75) is 102 Å². The summed E-state index contributed by atoms with van der Waals surface area (Å²) in [5.74, 6) is -0.928. The fourth-order valence-electron chi connectivity index (χ4n) is 11.2. The fourth-order valence-corrected chi connectivity index (χ4v) is 12.4. The summed E-state index contributed by atoms with van der Waals surface area (Å²) in [6, 6.07) is 7.77. The van der Waals surface area contributed by atoms with Gasteiger partial charge in [0.05, 0.1) is 50.8 Å². The number of aromatic amines is 1. The van der Waals surface area contributed by atoms with E-state index in [1.807, 2.05) is 15.5 Å². The molecule has 5 atom stereocenters. The molecule has 334 valence electrons. The quantitative estimate of drug-likeness (QED) is 0.176. The molecular formula is C46H45F2N11O5S. The number of carbonyl (C=O) groups is 1. The van der Waals surface area contributed by atoms with Crippen LogP contribution in [0.25, 0.3) is 38.4 Å². The van der Waals surface area contributed by atoms with Crippen LogP contribution in [0.3, 0.4) is 0 Å². The van der Waals surface area contributed by atoms with Crippen LogP contribution in [0.4, 0.5) is 8.78 Å². The molecule has 2 bridgehead atoms. The second kappa shape index (κ2) is 13.8. The Balaban J connectivity index is 1.01. The van der Waals surface area contributed by atoms with E-state index in [9.17, 15) is 9.59 Å². The Morgan fingerprint density at radius 1 is 1.00 bits per heavy atom. The average Bonchev–Trinajstić information content (AvgIpc) is 4.04. The Morgan fingerprint density at radius 2 is 1.77 bits per heavy atom. The highest BCUT2D eigenvalue weighted by Crippen LogP contribution is 2.57. The number of aryl methyl sites for hydroxylation is 3. The normalized spacial score (nSPS) is 23.5. The summed E-state index contributed by atoms with van der Waals surface area (Å²) in [6.45, 7) is 10.2. The summed E-state index contributed by atoms with van der Waals surface area (Å²) in [5, 5.41) is 14.8. The maximum absolute atomic E-state index is 16.2. The lowest BCUT2D eigenvalue weighted by Crippen LogP contribution is -2.43. The lowest BCUT2D eigenvalue weighted by atomic mass is 9.89. The van der Waals surface area contributed by atoms with Crippen molar-refractivity contribution in [2.75, 3.05) is 6.61 Å². The highest BCUT2D eigenvalue weighted by Gasteiger charge is 2.60. The van der Waals surface area contributed by atoms with E-state index in [4.69, 9.17) is 19.3 Å². The molecule has 4 aliphatic rings. The van der Waals surface area contributed by atoms with Crippen molar-refractivity contribution in [3.8, 4) is 17.2 Å². The van der Waals surface area contributed by atoms with Gasteiger partial charge in [0, 0.05) is 50.0 Å². The number of imidazole rings is 1. The molecule has 3 aliphatic heterocycles. The predicted molar refractivity (Wildman–Crippen MR) is 235 cm³/mol.